The van der Waals surface area contributed by atoms with Crippen LogP contribution in [0.15, 0.2) is 21.5 Å². The van der Waals surface area contributed by atoms with Crippen molar-refractivity contribution in [3.05, 3.63) is 32.1 Å². The molecule has 2 rings (SSSR count). The molecule has 9 heteroatoms. The van der Waals surface area contributed by atoms with Gasteiger partial charge in [0.25, 0.3) is 11.1 Å². The Morgan fingerprint density at radius 3 is 2.67 bits per heavy atom. The Kier molecular flexibility index (Phi) is 7.76. The summed E-state index contributed by atoms with van der Waals surface area (Å²) in [4.78, 5) is 37.6. The van der Waals surface area contributed by atoms with Crippen LogP contribution in [0.5, 0.6) is 5.75 Å². The molecule has 6 nitrogen and oxygen atoms in total. The van der Waals surface area contributed by atoms with Crippen LogP contribution in [-0.4, -0.2) is 41.3 Å². The number of nitrogens with zero attached hydrogens (tertiary/aromatic N) is 1. The van der Waals surface area contributed by atoms with Crippen LogP contribution in [0.3, 0.4) is 0 Å². The fourth-order valence-electron chi connectivity index (χ4n) is 2.33. The molecule has 1 aromatic rings. The van der Waals surface area contributed by atoms with Crippen molar-refractivity contribution in [1.29, 1.82) is 0 Å². The second kappa shape index (κ2) is 9.61. The first-order valence-corrected chi connectivity index (χ1v) is 10.3. The normalized spacial score (nSPS) is 16.8. The van der Waals surface area contributed by atoms with Gasteiger partial charge in [0, 0.05) is 6.04 Å². The largest absolute Gasteiger partial charge is 0.479 e. The lowest BCUT2D eigenvalue weighted by Crippen LogP contribution is -2.36. The molecule has 1 aliphatic rings. The standard InChI is InChI=1S/C18H19BrClNO5S/c1-4-10(3)21-17(23)14(27-18(21)24)8-11-6-12(19)16(13(20)7-11)26-9-15(22)25-5-2/h6-8,10H,4-5,9H2,1-3H3/b14-8+/t10-/m1/s1. The van der Waals surface area contributed by atoms with E-state index in [-0.39, 0.29) is 35.4 Å². The van der Waals surface area contributed by atoms with E-state index in [1.165, 1.54) is 4.90 Å². The summed E-state index contributed by atoms with van der Waals surface area (Å²) in [7, 11) is 0. The Balaban J connectivity index is 2.21. The van der Waals surface area contributed by atoms with Gasteiger partial charge < -0.3 is 9.47 Å². The van der Waals surface area contributed by atoms with Crippen LogP contribution < -0.4 is 4.74 Å². The van der Waals surface area contributed by atoms with Gasteiger partial charge in [-0.25, -0.2) is 4.79 Å². The molecule has 1 fully saturated rings. The molecular weight excluding hydrogens is 458 g/mol. The van der Waals surface area contributed by atoms with Crippen molar-refractivity contribution in [2.24, 2.45) is 0 Å². The molecule has 2 amide bonds. The van der Waals surface area contributed by atoms with E-state index in [1.54, 1.807) is 25.1 Å². The minimum atomic E-state index is -0.497. The predicted octanol–water partition coefficient (Wildman–Crippen LogP) is 4.88. The second-order valence-corrected chi connectivity index (χ2v) is 7.97. The van der Waals surface area contributed by atoms with Gasteiger partial charge in [0.15, 0.2) is 12.4 Å². The molecule has 0 aliphatic carbocycles. The first-order chi connectivity index (χ1) is 12.8. The Morgan fingerprint density at radius 1 is 1.37 bits per heavy atom. The van der Waals surface area contributed by atoms with Gasteiger partial charge in [0.2, 0.25) is 0 Å². The van der Waals surface area contributed by atoms with Crippen molar-refractivity contribution in [3.63, 3.8) is 0 Å². The number of hydrogen-bond donors (Lipinski definition) is 0. The summed E-state index contributed by atoms with van der Waals surface area (Å²) in [6, 6.07) is 3.14. The van der Waals surface area contributed by atoms with Gasteiger partial charge in [-0.2, -0.15) is 0 Å². The summed E-state index contributed by atoms with van der Waals surface area (Å²) in [5.74, 6) is -0.507. The fraction of sp³-hybridized carbons (Fsp3) is 0.389. The van der Waals surface area contributed by atoms with Crippen molar-refractivity contribution in [3.8, 4) is 5.75 Å². The summed E-state index contributed by atoms with van der Waals surface area (Å²) in [5, 5.41) is -0.0127. The zero-order valence-electron chi connectivity index (χ0n) is 15.1. The molecule has 1 heterocycles. The van der Waals surface area contributed by atoms with Gasteiger partial charge in [-0.1, -0.05) is 18.5 Å². The summed E-state index contributed by atoms with van der Waals surface area (Å²) >= 11 is 10.5. The Hall–Kier alpha value is -1.51. The number of carbonyl (C=O) groups is 3. The Bertz CT molecular complexity index is 775. The molecular formula is C18H19BrClNO5S. The molecule has 27 heavy (non-hydrogen) atoms. The van der Waals surface area contributed by atoms with E-state index >= 15 is 0 Å². The Morgan fingerprint density at radius 2 is 2.07 bits per heavy atom. The number of benzene rings is 1. The molecule has 1 atom stereocenters. The van der Waals surface area contributed by atoms with E-state index in [0.717, 1.165) is 11.8 Å². The van der Waals surface area contributed by atoms with E-state index < -0.39 is 5.97 Å². The number of amides is 2. The topological polar surface area (TPSA) is 72.9 Å². The van der Waals surface area contributed by atoms with Gasteiger partial charge >= 0.3 is 5.97 Å². The van der Waals surface area contributed by atoms with Gasteiger partial charge in [-0.15, -0.1) is 0 Å². The minimum absolute atomic E-state index is 0.155. The monoisotopic (exact) mass is 475 g/mol. The van der Waals surface area contributed by atoms with Crippen LogP contribution in [0.2, 0.25) is 5.02 Å². The van der Waals surface area contributed by atoms with Gasteiger partial charge in [-0.3, -0.25) is 14.5 Å². The minimum Gasteiger partial charge on any atom is -0.479 e. The first kappa shape index (κ1) is 21.8. The number of thioether (sulfide) groups is 1. The molecule has 0 spiro atoms. The lowest BCUT2D eigenvalue weighted by Gasteiger charge is -2.19. The highest BCUT2D eigenvalue weighted by Crippen LogP contribution is 2.38. The number of ether oxygens (including phenoxy) is 2. The molecule has 0 bridgehead atoms. The fourth-order valence-corrected chi connectivity index (χ4v) is 4.25. The van der Waals surface area contributed by atoms with Crippen LogP contribution in [0.4, 0.5) is 4.79 Å². The maximum absolute atomic E-state index is 12.5. The molecule has 0 saturated carbocycles. The first-order valence-electron chi connectivity index (χ1n) is 8.33. The predicted molar refractivity (Wildman–Crippen MR) is 109 cm³/mol. The van der Waals surface area contributed by atoms with Gasteiger partial charge in [-0.05, 0) is 71.7 Å². The van der Waals surface area contributed by atoms with Gasteiger partial charge in [0.1, 0.15) is 0 Å². The number of carbonyl (C=O) groups excluding carboxylic acids is 3. The molecule has 1 aliphatic heterocycles. The average Bonchev–Trinajstić information content (AvgIpc) is 2.87. The summed E-state index contributed by atoms with van der Waals surface area (Å²) in [6.45, 7) is 5.46. The number of esters is 1. The van der Waals surface area contributed by atoms with Crippen LogP contribution in [0.25, 0.3) is 6.08 Å². The van der Waals surface area contributed by atoms with E-state index in [0.29, 0.717) is 27.1 Å². The summed E-state index contributed by atoms with van der Waals surface area (Å²) < 4.78 is 10.7. The van der Waals surface area contributed by atoms with Crippen molar-refractivity contribution in [1.82, 2.24) is 4.90 Å². The molecule has 146 valence electrons. The van der Waals surface area contributed by atoms with Crippen molar-refractivity contribution in [2.45, 2.75) is 33.2 Å². The number of imide groups is 1. The van der Waals surface area contributed by atoms with Crippen LogP contribution in [-0.2, 0) is 14.3 Å². The molecule has 1 aromatic carbocycles. The second-order valence-electron chi connectivity index (χ2n) is 5.72. The number of rotatable bonds is 7. The van der Waals surface area contributed by atoms with E-state index in [4.69, 9.17) is 21.1 Å². The van der Waals surface area contributed by atoms with Crippen LogP contribution in [0.1, 0.15) is 32.8 Å². The smallest absolute Gasteiger partial charge is 0.344 e. The SMILES string of the molecule is CCOC(=O)COc1c(Cl)cc(/C=C2/SC(=O)N([C@H](C)CC)C2=O)cc1Br. The van der Waals surface area contributed by atoms with Crippen molar-refractivity contribution < 1.29 is 23.9 Å². The van der Waals surface area contributed by atoms with Crippen LogP contribution in [0, 0.1) is 0 Å². The maximum atomic E-state index is 12.5. The van der Waals surface area contributed by atoms with Crippen molar-refractivity contribution in [2.75, 3.05) is 13.2 Å². The number of hydrogen-bond acceptors (Lipinski definition) is 6. The van der Waals surface area contributed by atoms with Gasteiger partial charge in [0.05, 0.1) is 21.0 Å². The van der Waals surface area contributed by atoms with E-state index in [9.17, 15) is 14.4 Å². The molecule has 0 aromatic heterocycles. The highest BCUT2D eigenvalue weighted by atomic mass is 79.9. The van der Waals surface area contributed by atoms with Crippen LogP contribution >= 0.6 is 39.3 Å². The third kappa shape index (κ3) is 5.27. The third-order valence-electron chi connectivity index (χ3n) is 3.81. The van der Waals surface area contributed by atoms with E-state index in [1.807, 2.05) is 13.8 Å². The lowest BCUT2D eigenvalue weighted by molar-refractivity contribution is -0.145. The molecule has 0 radical (unpaired) electrons. The maximum Gasteiger partial charge on any atom is 0.344 e. The van der Waals surface area contributed by atoms with Crippen molar-refractivity contribution >= 4 is 62.5 Å². The highest BCUT2D eigenvalue weighted by molar-refractivity contribution is 9.10. The third-order valence-corrected chi connectivity index (χ3v) is 5.57. The summed E-state index contributed by atoms with van der Waals surface area (Å²) in [6.07, 6.45) is 2.30. The zero-order chi connectivity index (χ0) is 20.1. The highest BCUT2D eigenvalue weighted by Gasteiger charge is 2.37. The zero-order valence-corrected chi connectivity index (χ0v) is 18.2. The quantitative estimate of drug-likeness (QED) is 0.412. The Labute approximate surface area is 175 Å². The molecule has 1 saturated heterocycles. The molecule has 0 unspecified atom stereocenters. The van der Waals surface area contributed by atoms with E-state index in [2.05, 4.69) is 15.9 Å². The molecule has 0 N–H and O–H groups in total. The lowest BCUT2D eigenvalue weighted by atomic mass is 10.2. The number of halogens is 2. The average molecular weight is 477 g/mol. The summed E-state index contributed by atoms with van der Waals surface area (Å²) in [5.41, 5.74) is 0.630.